The van der Waals surface area contributed by atoms with Crippen LogP contribution in [0.1, 0.15) is 0 Å². The van der Waals surface area contributed by atoms with Crippen LogP contribution in [0.2, 0.25) is 0 Å². The highest BCUT2D eigenvalue weighted by Crippen LogP contribution is 2.19. The quantitative estimate of drug-likeness (QED) is 0.802. The van der Waals surface area contributed by atoms with Gasteiger partial charge in [-0.3, -0.25) is 4.79 Å². The van der Waals surface area contributed by atoms with Gasteiger partial charge < -0.3 is 14.7 Å². The summed E-state index contributed by atoms with van der Waals surface area (Å²) >= 11 is 5.53. The van der Waals surface area contributed by atoms with Crippen LogP contribution in [0, 0.1) is 0 Å². The number of carboxylic acids is 1. The fraction of sp³-hybridized carbons (Fsp3) is 0.364. The molecule has 0 bridgehead atoms. The number of benzene rings is 1. The van der Waals surface area contributed by atoms with Crippen LogP contribution in [0.15, 0.2) is 24.3 Å². The summed E-state index contributed by atoms with van der Waals surface area (Å²) in [6.45, 7) is -0.0478. The third-order valence-electron chi connectivity index (χ3n) is 2.00. The molecule has 0 spiro atoms. The second-order valence-electron chi connectivity index (χ2n) is 3.51. The van der Waals surface area contributed by atoms with Crippen molar-refractivity contribution in [1.82, 2.24) is 0 Å². The Hall–Kier alpha value is -1.42. The summed E-state index contributed by atoms with van der Waals surface area (Å²) in [5.74, 6) is -0.469. The van der Waals surface area contributed by atoms with E-state index in [9.17, 15) is 4.79 Å². The Labute approximate surface area is 99.4 Å². The van der Waals surface area contributed by atoms with E-state index in [0.717, 1.165) is 5.69 Å². The Morgan fingerprint density at radius 2 is 2.25 bits per heavy atom. The van der Waals surface area contributed by atoms with Crippen molar-refractivity contribution in [1.29, 1.82) is 0 Å². The number of carbonyl (C=O) groups is 1. The Kier molecular flexibility index (Phi) is 4.43. The third-order valence-corrected chi connectivity index (χ3v) is 2.31. The fourth-order valence-electron chi connectivity index (χ4n) is 1.09. The van der Waals surface area contributed by atoms with Crippen molar-refractivity contribution < 1.29 is 14.6 Å². The molecule has 0 radical (unpaired) electrons. The van der Waals surface area contributed by atoms with Gasteiger partial charge in [0.05, 0.1) is 0 Å². The van der Waals surface area contributed by atoms with Crippen molar-refractivity contribution in [3.8, 4) is 5.75 Å². The highest BCUT2D eigenvalue weighted by atomic mass is 35.5. The van der Waals surface area contributed by atoms with Crippen molar-refractivity contribution in [2.24, 2.45) is 0 Å². The second-order valence-corrected chi connectivity index (χ2v) is 4.04. The van der Waals surface area contributed by atoms with Gasteiger partial charge in [0.1, 0.15) is 12.4 Å². The standard InChI is InChI=1S/C11H14ClNO3/c1-13(2)8-4-3-5-9(6-8)16-7-10(12)11(14)15/h3-6,10H,7H2,1-2H3,(H,14,15). The highest BCUT2D eigenvalue weighted by Gasteiger charge is 2.14. The van der Waals surface area contributed by atoms with Crippen LogP contribution in [-0.4, -0.2) is 37.2 Å². The topological polar surface area (TPSA) is 49.8 Å². The molecule has 1 rings (SSSR count). The molecule has 88 valence electrons. The molecule has 0 heterocycles. The van der Waals surface area contributed by atoms with Gasteiger partial charge in [-0.15, -0.1) is 11.6 Å². The molecular formula is C11H14ClNO3. The molecule has 0 fully saturated rings. The van der Waals surface area contributed by atoms with Crippen LogP contribution in [0.25, 0.3) is 0 Å². The fourth-order valence-corrected chi connectivity index (χ4v) is 1.16. The summed E-state index contributed by atoms with van der Waals surface area (Å²) < 4.78 is 5.28. The first-order valence-corrected chi connectivity index (χ1v) is 5.21. The van der Waals surface area contributed by atoms with Gasteiger partial charge >= 0.3 is 5.97 Å². The lowest BCUT2D eigenvalue weighted by Crippen LogP contribution is -2.21. The van der Waals surface area contributed by atoms with E-state index in [1.54, 1.807) is 6.07 Å². The molecule has 1 aromatic rings. The van der Waals surface area contributed by atoms with E-state index >= 15 is 0 Å². The molecule has 0 amide bonds. The predicted molar refractivity (Wildman–Crippen MR) is 63.5 cm³/mol. The summed E-state index contributed by atoms with van der Waals surface area (Å²) in [6.07, 6.45) is 0. The molecule has 0 saturated heterocycles. The number of alkyl halides is 1. The maximum atomic E-state index is 10.5. The smallest absolute Gasteiger partial charge is 0.325 e. The van der Waals surface area contributed by atoms with Gasteiger partial charge in [0.15, 0.2) is 5.38 Å². The first-order chi connectivity index (χ1) is 7.50. The monoisotopic (exact) mass is 243 g/mol. The van der Waals surface area contributed by atoms with Gasteiger partial charge in [0, 0.05) is 25.8 Å². The number of rotatable bonds is 5. The molecule has 0 aliphatic heterocycles. The molecule has 5 heteroatoms. The number of hydrogen-bond acceptors (Lipinski definition) is 3. The number of halogens is 1. The zero-order valence-corrected chi connectivity index (χ0v) is 9.94. The number of aliphatic carboxylic acids is 1. The summed E-state index contributed by atoms with van der Waals surface area (Å²) in [6, 6.07) is 7.36. The van der Waals surface area contributed by atoms with E-state index in [0.29, 0.717) is 5.75 Å². The first-order valence-electron chi connectivity index (χ1n) is 4.78. The summed E-state index contributed by atoms with van der Waals surface area (Å²) in [4.78, 5) is 12.4. The number of carboxylic acid groups (broad SMARTS) is 1. The van der Waals surface area contributed by atoms with E-state index in [-0.39, 0.29) is 6.61 Å². The summed E-state index contributed by atoms with van der Waals surface area (Å²) in [5, 5.41) is 7.56. The minimum absolute atomic E-state index is 0.0478. The maximum Gasteiger partial charge on any atom is 0.325 e. The van der Waals surface area contributed by atoms with E-state index in [4.69, 9.17) is 21.4 Å². The summed E-state index contributed by atoms with van der Waals surface area (Å²) in [5.41, 5.74) is 0.985. The molecule has 1 unspecified atom stereocenters. The molecule has 1 aromatic carbocycles. The Morgan fingerprint density at radius 1 is 1.56 bits per heavy atom. The van der Waals surface area contributed by atoms with Crippen molar-refractivity contribution in [2.45, 2.75) is 5.38 Å². The van der Waals surface area contributed by atoms with Crippen molar-refractivity contribution in [3.05, 3.63) is 24.3 Å². The molecule has 0 saturated carbocycles. The molecule has 0 aliphatic rings. The largest absolute Gasteiger partial charge is 0.491 e. The van der Waals surface area contributed by atoms with Crippen molar-refractivity contribution in [3.63, 3.8) is 0 Å². The Balaban J connectivity index is 2.60. The number of ether oxygens (including phenoxy) is 1. The predicted octanol–water partition coefficient (Wildman–Crippen LogP) is 1.82. The average Bonchev–Trinajstić information content (AvgIpc) is 2.26. The van der Waals surface area contributed by atoms with E-state index in [1.807, 2.05) is 37.2 Å². The molecule has 1 N–H and O–H groups in total. The van der Waals surface area contributed by atoms with Gasteiger partial charge in [-0.2, -0.15) is 0 Å². The Morgan fingerprint density at radius 3 is 2.81 bits per heavy atom. The van der Waals surface area contributed by atoms with Gasteiger partial charge in [-0.25, -0.2) is 0 Å². The Bertz CT molecular complexity index is 368. The van der Waals surface area contributed by atoms with Crippen molar-refractivity contribution >= 4 is 23.3 Å². The van der Waals surface area contributed by atoms with Crippen molar-refractivity contribution in [2.75, 3.05) is 25.6 Å². The highest BCUT2D eigenvalue weighted by molar-refractivity contribution is 6.29. The van der Waals surface area contributed by atoms with Crippen LogP contribution >= 0.6 is 11.6 Å². The van der Waals surface area contributed by atoms with Crippen LogP contribution in [-0.2, 0) is 4.79 Å². The number of nitrogens with zero attached hydrogens (tertiary/aromatic N) is 1. The number of hydrogen-bond donors (Lipinski definition) is 1. The minimum Gasteiger partial charge on any atom is -0.491 e. The molecule has 16 heavy (non-hydrogen) atoms. The van der Waals surface area contributed by atoms with Gasteiger partial charge in [0.25, 0.3) is 0 Å². The van der Waals surface area contributed by atoms with Crippen LogP contribution < -0.4 is 9.64 Å². The summed E-state index contributed by atoms with van der Waals surface area (Å²) in [7, 11) is 3.83. The molecule has 4 nitrogen and oxygen atoms in total. The third kappa shape index (κ3) is 3.62. The second kappa shape index (κ2) is 5.61. The normalized spacial score (nSPS) is 11.9. The van der Waals surface area contributed by atoms with Crippen LogP contribution in [0.3, 0.4) is 0 Å². The zero-order valence-electron chi connectivity index (χ0n) is 9.18. The SMILES string of the molecule is CN(C)c1cccc(OCC(Cl)C(=O)O)c1. The lowest BCUT2D eigenvalue weighted by Gasteiger charge is -2.14. The maximum absolute atomic E-state index is 10.5. The lowest BCUT2D eigenvalue weighted by atomic mass is 10.3. The lowest BCUT2D eigenvalue weighted by molar-refractivity contribution is -0.137. The van der Waals surface area contributed by atoms with E-state index in [2.05, 4.69) is 0 Å². The van der Waals surface area contributed by atoms with Crippen LogP contribution in [0.5, 0.6) is 5.75 Å². The van der Waals surface area contributed by atoms with Gasteiger partial charge in [-0.05, 0) is 12.1 Å². The molecular weight excluding hydrogens is 230 g/mol. The van der Waals surface area contributed by atoms with Crippen LogP contribution in [0.4, 0.5) is 5.69 Å². The van der Waals surface area contributed by atoms with Gasteiger partial charge in [-0.1, -0.05) is 6.07 Å². The zero-order chi connectivity index (χ0) is 12.1. The minimum atomic E-state index is -1.08. The van der Waals surface area contributed by atoms with E-state index < -0.39 is 11.3 Å². The number of anilines is 1. The molecule has 0 aliphatic carbocycles. The van der Waals surface area contributed by atoms with Gasteiger partial charge in [0.2, 0.25) is 0 Å². The molecule has 1 atom stereocenters. The van der Waals surface area contributed by atoms with E-state index in [1.165, 1.54) is 0 Å². The average molecular weight is 244 g/mol. The first kappa shape index (κ1) is 12.6. The molecule has 0 aromatic heterocycles.